The first-order chi connectivity index (χ1) is 16.2. The van der Waals surface area contributed by atoms with E-state index in [1.54, 1.807) is 55.5 Å². The number of ether oxygens (including phenoxy) is 1. The van der Waals surface area contributed by atoms with Crippen molar-refractivity contribution in [3.8, 4) is 22.8 Å². The van der Waals surface area contributed by atoms with E-state index in [4.69, 9.17) is 4.74 Å². The van der Waals surface area contributed by atoms with Gasteiger partial charge in [0.2, 0.25) is 0 Å². The maximum absolute atomic E-state index is 12.9. The number of carbonyl (C=O) groups is 1. The number of alkyl halides is 3. The molecule has 0 bridgehead atoms. The molecular formula is C26H21F3N2O3. The lowest BCUT2D eigenvalue weighted by molar-refractivity contribution is -0.137. The van der Waals surface area contributed by atoms with Crippen LogP contribution in [0.1, 0.15) is 34.5 Å². The number of halogens is 3. The normalized spacial score (nSPS) is 12.4. The van der Waals surface area contributed by atoms with E-state index < -0.39 is 11.7 Å². The number of pyridine rings is 1. The number of aromatic hydroxyl groups is 1. The molecule has 1 atom stereocenters. The first-order valence-corrected chi connectivity index (χ1v) is 10.4. The number of carbonyl (C=O) groups excluding carboxylic acids is 1. The number of nitrogens with one attached hydrogen (secondary N) is 1. The zero-order valence-corrected chi connectivity index (χ0v) is 18.4. The lowest BCUT2D eigenvalue weighted by Crippen LogP contribution is -2.26. The van der Waals surface area contributed by atoms with Crippen LogP contribution >= 0.6 is 0 Å². The first kappa shape index (κ1) is 23.1. The third-order valence-corrected chi connectivity index (χ3v) is 5.48. The predicted octanol–water partition coefficient (Wildman–Crippen LogP) is 6.13. The number of phenols is 1. The molecule has 1 amide bonds. The minimum Gasteiger partial charge on any atom is -0.508 e. The first-order valence-electron chi connectivity index (χ1n) is 10.4. The van der Waals surface area contributed by atoms with E-state index in [1.807, 2.05) is 0 Å². The fourth-order valence-corrected chi connectivity index (χ4v) is 3.64. The molecule has 0 aliphatic rings. The predicted molar refractivity (Wildman–Crippen MR) is 123 cm³/mol. The summed E-state index contributed by atoms with van der Waals surface area (Å²) >= 11 is 0. The minimum absolute atomic E-state index is 0.108. The smallest absolute Gasteiger partial charge is 0.416 e. The van der Waals surface area contributed by atoms with Crippen LogP contribution in [0.25, 0.3) is 22.2 Å². The quantitative estimate of drug-likeness (QED) is 0.371. The molecule has 3 aromatic carbocycles. The Balaban J connectivity index is 1.66. The average Bonchev–Trinajstić information content (AvgIpc) is 2.82. The summed E-state index contributed by atoms with van der Waals surface area (Å²) in [7, 11) is 1.49. The Hall–Kier alpha value is -4.07. The lowest BCUT2D eigenvalue weighted by Gasteiger charge is -2.15. The summed E-state index contributed by atoms with van der Waals surface area (Å²) in [5.41, 5.74) is 1.73. The summed E-state index contributed by atoms with van der Waals surface area (Å²) in [5.74, 6) is 0.259. The topological polar surface area (TPSA) is 71.5 Å². The van der Waals surface area contributed by atoms with E-state index in [0.717, 1.165) is 17.7 Å². The number of aromatic nitrogens is 1. The van der Waals surface area contributed by atoms with Crippen LogP contribution in [0.15, 0.2) is 72.8 Å². The molecule has 0 aliphatic carbocycles. The Bertz CT molecular complexity index is 1350. The van der Waals surface area contributed by atoms with Gasteiger partial charge in [-0.1, -0.05) is 24.3 Å². The molecule has 1 heterocycles. The molecule has 0 spiro atoms. The molecule has 34 heavy (non-hydrogen) atoms. The number of methoxy groups -OCH3 is 1. The van der Waals surface area contributed by atoms with Crippen LogP contribution in [0.5, 0.6) is 11.5 Å². The van der Waals surface area contributed by atoms with Crippen molar-refractivity contribution in [3.05, 3.63) is 89.5 Å². The maximum Gasteiger partial charge on any atom is 0.416 e. The molecule has 0 fully saturated rings. The van der Waals surface area contributed by atoms with E-state index in [9.17, 15) is 23.1 Å². The van der Waals surface area contributed by atoms with Crippen molar-refractivity contribution < 1.29 is 27.8 Å². The van der Waals surface area contributed by atoms with Gasteiger partial charge >= 0.3 is 6.18 Å². The number of hydrogen-bond acceptors (Lipinski definition) is 4. The van der Waals surface area contributed by atoms with Gasteiger partial charge < -0.3 is 15.2 Å². The number of rotatable bonds is 5. The van der Waals surface area contributed by atoms with Gasteiger partial charge in [0.05, 0.1) is 29.9 Å². The van der Waals surface area contributed by atoms with Gasteiger partial charge in [-0.15, -0.1) is 0 Å². The number of hydrogen-bond donors (Lipinski definition) is 2. The van der Waals surface area contributed by atoms with Crippen molar-refractivity contribution in [2.45, 2.75) is 19.1 Å². The van der Waals surface area contributed by atoms with Gasteiger partial charge in [-0.3, -0.25) is 4.79 Å². The second-order valence-electron chi connectivity index (χ2n) is 7.81. The van der Waals surface area contributed by atoms with Gasteiger partial charge in [0.25, 0.3) is 5.91 Å². The summed E-state index contributed by atoms with van der Waals surface area (Å²) in [4.78, 5) is 17.4. The van der Waals surface area contributed by atoms with Crippen LogP contribution < -0.4 is 10.1 Å². The Labute approximate surface area is 193 Å². The van der Waals surface area contributed by atoms with Crippen molar-refractivity contribution in [3.63, 3.8) is 0 Å². The van der Waals surface area contributed by atoms with Gasteiger partial charge in [-0.05, 0) is 55.0 Å². The summed E-state index contributed by atoms with van der Waals surface area (Å²) in [5, 5.41) is 13.2. The molecule has 4 rings (SSSR count). The van der Waals surface area contributed by atoms with Crippen molar-refractivity contribution in [1.29, 1.82) is 0 Å². The Kier molecular flexibility index (Phi) is 6.15. The second kappa shape index (κ2) is 9.05. The van der Waals surface area contributed by atoms with Crippen molar-refractivity contribution in [2.75, 3.05) is 7.11 Å². The van der Waals surface area contributed by atoms with Crippen LogP contribution in [0, 0.1) is 0 Å². The highest BCUT2D eigenvalue weighted by Crippen LogP contribution is 2.33. The Morgan fingerprint density at radius 3 is 2.41 bits per heavy atom. The average molecular weight is 466 g/mol. The van der Waals surface area contributed by atoms with Crippen molar-refractivity contribution in [2.24, 2.45) is 0 Å². The van der Waals surface area contributed by atoms with Crippen molar-refractivity contribution in [1.82, 2.24) is 10.3 Å². The highest BCUT2D eigenvalue weighted by molar-refractivity contribution is 5.99. The van der Waals surface area contributed by atoms with E-state index in [2.05, 4.69) is 10.3 Å². The monoisotopic (exact) mass is 466 g/mol. The minimum atomic E-state index is -4.43. The molecule has 0 saturated heterocycles. The highest BCUT2D eigenvalue weighted by Gasteiger charge is 2.30. The van der Waals surface area contributed by atoms with Crippen LogP contribution in [-0.4, -0.2) is 23.1 Å². The van der Waals surface area contributed by atoms with Crippen LogP contribution in [0.2, 0.25) is 0 Å². The second-order valence-corrected chi connectivity index (χ2v) is 7.81. The lowest BCUT2D eigenvalue weighted by atomic mass is 10.0. The van der Waals surface area contributed by atoms with Gasteiger partial charge in [0.1, 0.15) is 11.5 Å². The summed E-state index contributed by atoms with van der Waals surface area (Å²) in [6, 6.07) is 17.6. The van der Waals surface area contributed by atoms with E-state index in [1.165, 1.54) is 19.2 Å². The molecule has 4 aromatic rings. The summed E-state index contributed by atoms with van der Waals surface area (Å²) < 4.78 is 44.2. The standard InChI is InChI=1S/C26H21F3N2O3/c1-15(17-4-3-5-20(32)12-17)30-25(33)18-8-11-21-23(13-18)31-22(14-24(21)34-2)16-6-9-19(10-7-16)26(27,28)29/h3-15,32H,1-2H3,(H,30,33). The Morgan fingerprint density at radius 1 is 1.03 bits per heavy atom. The molecule has 5 nitrogen and oxygen atoms in total. The number of fused-ring (bicyclic) bond motifs is 1. The third kappa shape index (κ3) is 4.80. The number of nitrogens with zero attached hydrogens (tertiary/aromatic N) is 1. The number of amides is 1. The molecule has 0 saturated carbocycles. The SMILES string of the molecule is COc1cc(-c2ccc(C(F)(F)F)cc2)nc2cc(C(=O)NC(C)c3cccc(O)c3)ccc12. The zero-order chi connectivity index (χ0) is 24.5. The van der Waals surface area contributed by atoms with Gasteiger partial charge in [-0.2, -0.15) is 13.2 Å². The summed E-state index contributed by atoms with van der Waals surface area (Å²) in [6.07, 6.45) is -4.43. The van der Waals surface area contributed by atoms with Gasteiger partial charge in [0, 0.05) is 22.6 Å². The van der Waals surface area contributed by atoms with Crippen LogP contribution in [0.3, 0.4) is 0 Å². The van der Waals surface area contributed by atoms with Gasteiger partial charge in [0.15, 0.2) is 0 Å². The molecule has 0 radical (unpaired) electrons. The number of benzene rings is 3. The molecule has 0 aliphatic heterocycles. The van der Waals surface area contributed by atoms with Gasteiger partial charge in [-0.25, -0.2) is 4.98 Å². The van der Waals surface area contributed by atoms with E-state index >= 15 is 0 Å². The third-order valence-electron chi connectivity index (χ3n) is 5.48. The zero-order valence-electron chi connectivity index (χ0n) is 18.4. The molecular weight excluding hydrogens is 445 g/mol. The summed E-state index contributed by atoms with van der Waals surface area (Å²) in [6.45, 7) is 1.80. The molecule has 8 heteroatoms. The maximum atomic E-state index is 12.9. The molecule has 1 unspecified atom stereocenters. The van der Waals surface area contributed by atoms with Crippen LogP contribution in [0.4, 0.5) is 13.2 Å². The molecule has 174 valence electrons. The largest absolute Gasteiger partial charge is 0.508 e. The van der Waals surface area contributed by atoms with Crippen LogP contribution in [-0.2, 0) is 6.18 Å². The van der Waals surface area contributed by atoms with E-state index in [-0.39, 0.29) is 17.7 Å². The fourth-order valence-electron chi connectivity index (χ4n) is 3.64. The fraction of sp³-hybridized carbons (Fsp3) is 0.154. The molecule has 2 N–H and O–H groups in total. The Morgan fingerprint density at radius 2 is 1.76 bits per heavy atom. The van der Waals surface area contributed by atoms with Crippen molar-refractivity contribution >= 4 is 16.8 Å². The van der Waals surface area contributed by atoms with E-state index in [0.29, 0.717) is 33.5 Å². The molecule has 1 aromatic heterocycles. The number of phenolic OH excluding ortho intramolecular Hbond substituents is 1. The highest BCUT2D eigenvalue weighted by atomic mass is 19.4.